The van der Waals surface area contributed by atoms with Crippen LogP contribution in [-0.2, 0) is 0 Å². The second-order valence-corrected chi connectivity index (χ2v) is 5.01. The van der Waals surface area contributed by atoms with Gasteiger partial charge in [0, 0.05) is 31.0 Å². The van der Waals surface area contributed by atoms with Crippen molar-refractivity contribution in [2.75, 3.05) is 18.0 Å². The number of rotatable bonds is 2. The first-order valence-corrected chi connectivity index (χ1v) is 6.69. The zero-order chi connectivity index (χ0) is 13.2. The summed E-state index contributed by atoms with van der Waals surface area (Å²) in [6.07, 6.45) is 5.88. The van der Waals surface area contributed by atoms with Crippen molar-refractivity contribution < 1.29 is 0 Å². The van der Waals surface area contributed by atoms with E-state index < -0.39 is 0 Å². The quantitative estimate of drug-likeness (QED) is 0.843. The fraction of sp³-hybridized carbons (Fsp3) is 0.385. The van der Waals surface area contributed by atoms with E-state index in [1.807, 2.05) is 13.0 Å². The third-order valence-electron chi connectivity index (χ3n) is 3.12. The molecular weight excluding hydrogens is 262 g/mol. The van der Waals surface area contributed by atoms with Gasteiger partial charge in [-0.2, -0.15) is 15.0 Å². The lowest BCUT2D eigenvalue weighted by Crippen LogP contribution is -2.21. The maximum absolute atomic E-state index is 6.01. The molecule has 0 spiro atoms. The number of aromatic nitrogens is 4. The van der Waals surface area contributed by atoms with Crippen molar-refractivity contribution in [1.29, 1.82) is 0 Å². The molecule has 3 rings (SSSR count). The highest BCUT2D eigenvalue weighted by Gasteiger charge is 2.17. The molecule has 0 unspecified atom stereocenters. The molecule has 2 aromatic heterocycles. The summed E-state index contributed by atoms with van der Waals surface area (Å²) in [7, 11) is 0. The average Bonchev–Trinajstić information content (AvgIpc) is 2.92. The van der Waals surface area contributed by atoms with Gasteiger partial charge in [0.2, 0.25) is 11.2 Å². The first-order chi connectivity index (χ1) is 9.22. The van der Waals surface area contributed by atoms with Crippen LogP contribution in [0.3, 0.4) is 0 Å². The molecule has 0 radical (unpaired) electrons. The van der Waals surface area contributed by atoms with Crippen molar-refractivity contribution in [3.05, 3.63) is 29.3 Å². The van der Waals surface area contributed by atoms with Crippen LogP contribution in [-0.4, -0.2) is 33.0 Å². The molecule has 5 nitrogen and oxygen atoms in total. The second-order valence-electron chi connectivity index (χ2n) is 4.67. The molecule has 0 N–H and O–H groups in total. The van der Waals surface area contributed by atoms with Crippen molar-refractivity contribution in [3.63, 3.8) is 0 Å². The van der Waals surface area contributed by atoms with E-state index in [0.29, 0.717) is 11.8 Å². The molecule has 2 aromatic rings. The highest BCUT2D eigenvalue weighted by molar-refractivity contribution is 6.28. The molecular formula is C13H14ClN5. The van der Waals surface area contributed by atoms with E-state index in [4.69, 9.17) is 11.6 Å². The van der Waals surface area contributed by atoms with E-state index in [-0.39, 0.29) is 5.28 Å². The molecule has 98 valence electrons. The molecule has 0 bridgehead atoms. The SMILES string of the molecule is Cc1cncc(-c2nc(Cl)nc(N3CCCC3)n2)c1. The minimum Gasteiger partial charge on any atom is -0.341 e. The fourth-order valence-electron chi connectivity index (χ4n) is 2.20. The maximum atomic E-state index is 6.01. The van der Waals surface area contributed by atoms with E-state index in [1.54, 1.807) is 12.4 Å². The predicted molar refractivity (Wildman–Crippen MR) is 74.3 cm³/mol. The number of anilines is 1. The van der Waals surface area contributed by atoms with Crippen LogP contribution < -0.4 is 4.90 Å². The van der Waals surface area contributed by atoms with E-state index in [0.717, 1.165) is 24.2 Å². The van der Waals surface area contributed by atoms with Crippen LogP contribution in [0, 0.1) is 6.92 Å². The van der Waals surface area contributed by atoms with Crippen LogP contribution in [0.4, 0.5) is 5.95 Å². The van der Waals surface area contributed by atoms with Crippen molar-refractivity contribution in [3.8, 4) is 11.4 Å². The fourth-order valence-corrected chi connectivity index (χ4v) is 2.36. The number of hydrogen-bond donors (Lipinski definition) is 0. The Balaban J connectivity index is 2.01. The lowest BCUT2D eigenvalue weighted by Gasteiger charge is -2.15. The van der Waals surface area contributed by atoms with Gasteiger partial charge < -0.3 is 4.90 Å². The minimum absolute atomic E-state index is 0.230. The van der Waals surface area contributed by atoms with Gasteiger partial charge in [0.1, 0.15) is 0 Å². The molecule has 1 fully saturated rings. The van der Waals surface area contributed by atoms with E-state index in [1.165, 1.54) is 12.8 Å². The van der Waals surface area contributed by atoms with Crippen molar-refractivity contribution in [2.45, 2.75) is 19.8 Å². The Kier molecular flexibility index (Phi) is 3.29. The Labute approximate surface area is 116 Å². The van der Waals surface area contributed by atoms with Crippen LogP contribution in [0.2, 0.25) is 5.28 Å². The summed E-state index contributed by atoms with van der Waals surface area (Å²) in [4.78, 5) is 19.2. The monoisotopic (exact) mass is 275 g/mol. The van der Waals surface area contributed by atoms with Gasteiger partial charge in [-0.05, 0) is 43.0 Å². The number of aryl methyl sites for hydroxylation is 1. The summed E-state index contributed by atoms with van der Waals surface area (Å²) in [5, 5.41) is 0.230. The average molecular weight is 276 g/mol. The lowest BCUT2D eigenvalue weighted by atomic mass is 10.2. The molecule has 0 amide bonds. The van der Waals surface area contributed by atoms with E-state index in [2.05, 4.69) is 24.8 Å². The summed E-state index contributed by atoms with van der Waals surface area (Å²) < 4.78 is 0. The number of halogens is 1. The maximum Gasteiger partial charge on any atom is 0.230 e. The highest BCUT2D eigenvalue weighted by Crippen LogP contribution is 2.22. The molecule has 1 aliphatic rings. The molecule has 19 heavy (non-hydrogen) atoms. The molecule has 0 atom stereocenters. The summed E-state index contributed by atoms with van der Waals surface area (Å²) >= 11 is 6.01. The van der Waals surface area contributed by atoms with Crippen LogP contribution in [0.15, 0.2) is 18.5 Å². The van der Waals surface area contributed by atoms with Gasteiger partial charge in [0.25, 0.3) is 0 Å². The van der Waals surface area contributed by atoms with Crippen molar-refractivity contribution in [1.82, 2.24) is 19.9 Å². The number of pyridine rings is 1. The molecule has 6 heteroatoms. The molecule has 1 saturated heterocycles. The molecule has 1 aliphatic heterocycles. The van der Waals surface area contributed by atoms with Gasteiger partial charge in [-0.15, -0.1) is 0 Å². The summed E-state index contributed by atoms with van der Waals surface area (Å²) in [6.45, 7) is 3.94. The summed E-state index contributed by atoms with van der Waals surface area (Å²) in [5.41, 5.74) is 1.93. The number of nitrogens with zero attached hydrogens (tertiary/aromatic N) is 5. The summed E-state index contributed by atoms with van der Waals surface area (Å²) in [6, 6.07) is 1.99. The molecule has 0 aliphatic carbocycles. The molecule has 3 heterocycles. The van der Waals surface area contributed by atoms with E-state index in [9.17, 15) is 0 Å². The van der Waals surface area contributed by atoms with Crippen molar-refractivity contribution in [2.24, 2.45) is 0 Å². The van der Waals surface area contributed by atoms with Gasteiger partial charge >= 0.3 is 0 Å². The topological polar surface area (TPSA) is 54.8 Å². The number of hydrogen-bond acceptors (Lipinski definition) is 5. The Hall–Kier alpha value is -1.75. The first-order valence-electron chi connectivity index (χ1n) is 6.31. The van der Waals surface area contributed by atoms with Gasteiger partial charge in [0.15, 0.2) is 5.82 Å². The van der Waals surface area contributed by atoms with Crippen molar-refractivity contribution >= 4 is 17.5 Å². The van der Waals surface area contributed by atoms with Crippen LogP contribution in [0.1, 0.15) is 18.4 Å². The van der Waals surface area contributed by atoms with E-state index >= 15 is 0 Å². The Morgan fingerprint density at radius 2 is 1.89 bits per heavy atom. The van der Waals surface area contributed by atoms with Gasteiger partial charge in [-0.3, -0.25) is 4.98 Å². The third-order valence-corrected chi connectivity index (χ3v) is 3.29. The molecule has 0 aromatic carbocycles. The second kappa shape index (κ2) is 5.09. The zero-order valence-electron chi connectivity index (χ0n) is 10.7. The largest absolute Gasteiger partial charge is 0.341 e. The Morgan fingerprint density at radius 3 is 2.63 bits per heavy atom. The third kappa shape index (κ3) is 2.66. The minimum atomic E-state index is 0.230. The van der Waals surface area contributed by atoms with Gasteiger partial charge in [0.05, 0.1) is 0 Å². The summed E-state index contributed by atoms with van der Waals surface area (Å²) in [5.74, 6) is 1.24. The molecule has 0 saturated carbocycles. The smallest absolute Gasteiger partial charge is 0.230 e. The van der Waals surface area contributed by atoms with Gasteiger partial charge in [-0.1, -0.05) is 0 Å². The normalized spacial score (nSPS) is 14.9. The van der Waals surface area contributed by atoms with Crippen LogP contribution in [0.25, 0.3) is 11.4 Å². The zero-order valence-corrected chi connectivity index (χ0v) is 11.4. The predicted octanol–water partition coefficient (Wildman–Crippen LogP) is 2.50. The standard InChI is InChI=1S/C13H14ClN5/c1-9-6-10(8-15-7-9)11-16-12(14)18-13(17-11)19-4-2-3-5-19/h6-8H,2-5H2,1H3. The Bertz CT molecular complexity index is 595. The first kappa shape index (κ1) is 12.3. The Morgan fingerprint density at radius 1 is 1.11 bits per heavy atom. The highest BCUT2D eigenvalue weighted by atomic mass is 35.5. The van der Waals surface area contributed by atoms with Crippen LogP contribution >= 0.6 is 11.6 Å². The van der Waals surface area contributed by atoms with Crippen LogP contribution in [0.5, 0.6) is 0 Å². The van der Waals surface area contributed by atoms with Gasteiger partial charge in [-0.25, -0.2) is 0 Å². The lowest BCUT2D eigenvalue weighted by molar-refractivity contribution is 0.882.